The first-order valence-electron chi connectivity index (χ1n) is 19.3. The molecule has 334 valence electrons. The summed E-state index contributed by atoms with van der Waals surface area (Å²) in [5, 5.41) is 66.0. The van der Waals surface area contributed by atoms with E-state index in [1.165, 1.54) is 17.7 Å². The standard InChI is InChI=1S/C38H56ClN7O12S2/c1-20(2)23(13-29-44-34(42-25-8-6-7-24(39)14-25)31-35(45-29)46(19-41-31)21(3)4)17-58-38(56)57-11-12-59-60-18-26(37(54)55)43-36(53)22(5)9-10-30(50)40-15-27(48)32(51)33(52)28(49)16-47/h6-8,14,19-23,26-28,32-33,47-49,51-52H,9-13,15-18H2,1-5H3,(H,40,50)(H,43,53)(H,54,55)(H,42,44,45)/t22-,23-,26-,27-,28+,32+,33+/m0/s1. The largest absolute Gasteiger partial charge is 0.508 e. The van der Waals surface area contributed by atoms with Crippen LogP contribution in [0.4, 0.5) is 16.3 Å². The Morgan fingerprint density at radius 1 is 0.967 bits per heavy atom. The Bertz CT molecular complexity index is 1860. The molecule has 3 aromatic rings. The SMILES string of the molecule is CC(C)[C@H](COC(=O)OCCSSC[C@H](NC(=O)[C@@H](C)CCC(=O)NC[C@H](O)[C@@H](O)[C@H](O)[C@H](O)CO)C(=O)O)Cc1nc(Nc2cccc(Cl)c2)c2ncn(C(C)C)c2n1. The van der Waals surface area contributed by atoms with Gasteiger partial charge in [-0.3, -0.25) is 9.59 Å². The van der Waals surface area contributed by atoms with Gasteiger partial charge >= 0.3 is 12.1 Å². The molecule has 0 aliphatic carbocycles. The average molecular weight is 902 g/mol. The van der Waals surface area contributed by atoms with Crippen molar-refractivity contribution in [2.75, 3.05) is 43.2 Å². The van der Waals surface area contributed by atoms with Gasteiger partial charge < -0.3 is 60.6 Å². The molecular formula is C38H56ClN7O12S2. The van der Waals surface area contributed by atoms with Crippen LogP contribution in [0.1, 0.15) is 59.3 Å². The van der Waals surface area contributed by atoms with E-state index in [9.17, 15) is 44.7 Å². The molecule has 0 bridgehead atoms. The number of nitrogens with one attached hydrogen (secondary N) is 3. The lowest BCUT2D eigenvalue weighted by molar-refractivity contribution is -0.141. The number of nitrogens with zero attached hydrogens (tertiary/aromatic N) is 4. The number of aliphatic carboxylic acids is 1. The second-order valence-corrected chi connectivity index (χ2v) is 17.8. The highest BCUT2D eigenvalue weighted by atomic mass is 35.5. The summed E-state index contributed by atoms with van der Waals surface area (Å²) in [5.41, 5.74) is 2.01. The van der Waals surface area contributed by atoms with Crippen molar-refractivity contribution < 1.29 is 59.3 Å². The van der Waals surface area contributed by atoms with Gasteiger partial charge in [0, 0.05) is 59.5 Å². The maximum Gasteiger partial charge on any atom is 0.508 e. The summed E-state index contributed by atoms with van der Waals surface area (Å²) in [6.45, 7) is 8.33. The Labute approximate surface area is 360 Å². The highest BCUT2D eigenvalue weighted by Gasteiger charge is 2.30. The number of carboxylic acid groups (broad SMARTS) is 1. The highest BCUT2D eigenvalue weighted by Crippen LogP contribution is 2.28. The van der Waals surface area contributed by atoms with Crippen LogP contribution in [0, 0.1) is 17.8 Å². The predicted octanol–water partition coefficient (Wildman–Crippen LogP) is 2.69. The number of rotatable bonds is 26. The Kier molecular flexibility index (Phi) is 21.1. The minimum Gasteiger partial charge on any atom is -0.480 e. The summed E-state index contributed by atoms with van der Waals surface area (Å²) >= 11 is 6.21. The monoisotopic (exact) mass is 901 g/mol. The van der Waals surface area contributed by atoms with Gasteiger partial charge in [-0.05, 0) is 44.4 Å². The van der Waals surface area contributed by atoms with Crippen LogP contribution in [0.5, 0.6) is 0 Å². The number of hydrogen-bond acceptors (Lipinski definition) is 17. The molecule has 60 heavy (non-hydrogen) atoms. The Balaban J connectivity index is 1.40. The van der Waals surface area contributed by atoms with E-state index >= 15 is 0 Å². The molecule has 0 fully saturated rings. The molecule has 9 N–H and O–H groups in total. The predicted molar refractivity (Wildman–Crippen MR) is 227 cm³/mol. The van der Waals surface area contributed by atoms with Gasteiger partial charge in [0.05, 0.1) is 25.6 Å². The van der Waals surface area contributed by atoms with Crippen LogP contribution in [0.25, 0.3) is 11.2 Å². The minimum absolute atomic E-state index is 0.00134. The van der Waals surface area contributed by atoms with E-state index < -0.39 is 73.5 Å². The summed E-state index contributed by atoms with van der Waals surface area (Å²) < 4.78 is 12.7. The summed E-state index contributed by atoms with van der Waals surface area (Å²) in [5.74, 6) is -1.86. The number of carbonyl (C=O) groups is 4. The summed E-state index contributed by atoms with van der Waals surface area (Å²) in [4.78, 5) is 63.4. The Morgan fingerprint density at radius 3 is 2.33 bits per heavy atom. The van der Waals surface area contributed by atoms with Crippen molar-refractivity contribution in [2.24, 2.45) is 17.8 Å². The zero-order valence-electron chi connectivity index (χ0n) is 34.1. The molecule has 2 amide bonds. The number of aliphatic hydroxyl groups is 5. The van der Waals surface area contributed by atoms with Crippen molar-refractivity contribution >= 4 is 79.8 Å². The first-order valence-corrected chi connectivity index (χ1v) is 22.2. The number of benzene rings is 1. The number of hydrogen-bond donors (Lipinski definition) is 9. The molecule has 19 nitrogen and oxygen atoms in total. The van der Waals surface area contributed by atoms with Gasteiger partial charge in [-0.1, -0.05) is 60.0 Å². The number of imidazole rings is 1. The number of amides is 2. The molecule has 1 aromatic carbocycles. The van der Waals surface area contributed by atoms with Crippen LogP contribution >= 0.6 is 33.2 Å². The fourth-order valence-electron chi connectivity index (χ4n) is 5.45. The second kappa shape index (κ2) is 25.1. The first kappa shape index (κ1) is 50.4. The van der Waals surface area contributed by atoms with Gasteiger partial charge in [0.25, 0.3) is 0 Å². The van der Waals surface area contributed by atoms with Gasteiger partial charge in [0.2, 0.25) is 11.8 Å². The number of anilines is 2. The molecule has 22 heteroatoms. The molecule has 0 unspecified atom stereocenters. The number of fused-ring (bicyclic) bond motifs is 1. The molecule has 0 aliphatic heterocycles. The van der Waals surface area contributed by atoms with Crippen molar-refractivity contribution in [1.82, 2.24) is 30.2 Å². The van der Waals surface area contributed by atoms with Crippen LogP contribution in [0.15, 0.2) is 30.6 Å². The summed E-state index contributed by atoms with van der Waals surface area (Å²) in [6.07, 6.45) is -5.85. The van der Waals surface area contributed by atoms with Crippen LogP contribution in [0.3, 0.4) is 0 Å². The van der Waals surface area contributed by atoms with E-state index in [0.29, 0.717) is 40.0 Å². The van der Waals surface area contributed by atoms with E-state index in [-0.39, 0.29) is 49.7 Å². The van der Waals surface area contributed by atoms with Crippen LogP contribution < -0.4 is 16.0 Å². The number of ether oxygens (including phenoxy) is 2. The van der Waals surface area contributed by atoms with Gasteiger partial charge in [-0.25, -0.2) is 24.5 Å². The van der Waals surface area contributed by atoms with Crippen molar-refractivity contribution in [2.45, 2.75) is 90.4 Å². The van der Waals surface area contributed by atoms with Crippen LogP contribution in [-0.4, -0.2) is 142 Å². The number of halogens is 1. The molecular weight excluding hydrogens is 846 g/mol. The molecule has 0 radical (unpaired) electrons. The molecule has 2 aromatic heterocycles. The van der Waals surface area contributed by atoms with Gasteiger partial charge in [-0.2, -0.15) is 0 Å². The molecule has 0 saturated carbocycles. The van der Waals surface area contributed by atoms with E-state index in [1.54, 1.807) is 18.5 Å². The van der Waals surface area contributed by atoms with Crippen LogP contribution in [-0.2, 0) is 30.3 Å². The number of aromatic nitrogens is 4. The molecule has 0 aliphatic rings. The number of aliphatic hydroxyl groups excluding tert-OH is 5. The van der Waals surface area contributed by atoms with E-state index in [2.05, 4.69) is 20.9 Å². The Hall–Kier alpha value is -3.96. The number of carboxylic acids is 1. The number of carbonyl (C=O) groups excluding carboxylic acids is 3. The Morgan fingerprint density at radius 2 is 1.68 bits per heavy atom. The lowest BCUT2D eigenvalue weighted by atomic mass is 9.93. The lowest BCUT2D eigenvalue weighted by Gasteiger charge is -2.25. The third kappa shape index (κ3) is 16.1. The summed E-state index contributed by atoms with van der Waals surface area (Å²) in [7, 11) is 2.40. The highest BCUT2D eigenvalue weighted by molar-refractivity contribution is 8.76. The lowest BCUT2D eigenvalue weighted by Crippen LogP contribution is -2.49. The van der Waals surface area contributed by atoms with E-state index in [0.717, 1.165) is 16.5 Å². The molecule has 3 rings (SSSR count). The first-order chi connectivity index (χ1) is 28.4. The normalized spacial score (nSPS) is 15.2. The maximum atomic E-state index is 12.7. The smallest absolute Gasteiger partial charge is 0.480 e. The van der Waals surface area contributed by atoms with Crippen LogP contribution in [0.2, 0.25) is 5.02 Å². The van der Waals surface area contributed by atoms with Gasteiger partial charge in [0.1, 0.15) is 36.8 Å². The second-order valence-electron chi connectivity index (χ2n) is 14.7. The zero-order valence-corrected chi connectivity index (χ0v) is 36.5. The molecule has 0 spiro atoms. The third-order valence-electron chi connectivity index (χ3n) is 9.32. The minimum atomic E-state index is -1.84. The van der Waals surface area contributed by atoms with E-state index in [4.69, 9.17) is 36.1 Å². The fourth-order valence-corrected chi connectivity index (χ4v) is 7.62. The van der Waals surface area contributed by atoms with Crippen molar-refractivity contribution in [3.05, 3.63) is 41.4 Å². The molecule has 2 heterocycles. The fraction of sp³-hybridized carbons (Fsp3) is 0.605. The van der Waals surface area contributed by atoms with Crippen molar-refractivity contribution in [3.8, 4) is 0 Å². The van der Waals surface area contributed by atoms with Crippen molar-refractivity contribution in [3.63, 3.8) is 0 Å². The molecule has 0 saturated heterocycles. The topological polar surface area (TPSA) is 288 Å². The third-order valence-corrected chi connectivity index (χ3v) is 11.9. The molecule has 7 atom stereocenters. The van der Waals surface area contributed by atoms with Gasteiger partial charge in [-0.15, -0.1) is 0 Å². The average Bonchev–Trinajstić information content (AvgIpc) is 3.65. The maximum absolute atomic E-state index is 12.7. The quantitative estimate of drug-likeness (QED) is 0.0318. The summed E-state index contributed by atoms with van der Waals surface area (Å²) in [6, 6.07) is 6.12. The van der Waals surface area contributed by atoms with E-state index in [1.807, 2.05) is 44.4 Å². The zero-order chi connectivity index (χ0) is 44.5. The van der Waals surface area contributed by atoms with Crippen molar-refractivity contribution in [1.29, 1.82) is 0 Å². The van der Waals surface area contributed by atoms with Gasteiger partial charge in [0.15, 0.2) is 17.0 Å².